The van der Waals surface area contributed by atoms with Crippen molar-refractivity contribution in [2.24, 2.45) is 0 Å². The minimum Gasteiger partial charge on any atom is -0.373 e. The van der Waals surface area contributed by atoms with E-state index >= 15 is 0 Å². The summed E-state index contributed by atoms with van der Waals surface area (Å²) in [5.74, 6) is 0. The van der Waals surface area contributed by atoms with E-state index in [1.807, 2.05) is 30.3 Å². The van der Waals surface area contributed by atoms with Gasteiger partial charge in [-0.25, -0.2) is 4.39 Å². The molecule has 1 aromatic rings. The SMILES string of the molecule is N#CC1(COCc2ccccc2)CCC(CF)O1. The first-order valence-electron chi connectivity index (χ1n) is 6.05. The lowest BCUT2D eigenvalue weighted by Gasteiger charge is -2.21. The van der Waals surface area contributed by atoms with Crippen LogP contribution in [-0.4, -0.2) is 25.0 Å². The monoisotopic (exact) mass is 249 g/mol. The summed E-state index contributed by atoms with van der Waals surface area (Å²) in [4.78, 5) is 0. The second-order valence-corrected chi connectivity index (χ2v) is 4.52. The summed E-state index contributed by atoms with van der Waals surface area (Å²) in [6.45, 7) is 0.0882. The summed E-state index contributed by atoms with van der Waals surface area (Å²) in [5.41, 5.74) is 0.0801. The predicted octanol–water partition coefficient (Wildman–Crippen LogP) is 2.61. The Morgan fingerprint density at radius 1 is 1.44 bits per heavy atom. The summed E-state index contributed by atoms with van der Waals surface area (Å²) in [5, 5.41) is 9.15. The van der Waals surface area contributed by atoms with Gasteiger partial charge in [0.05, 0.1) is 19.3 Å². The van der Waals surface area contributed by atoms with Crippen LogP contribution in [0.5, 0.6) is 0 Å². The Bertz CT molecular complexity index is 418. The predicted molar refractivity (Wildman–Crippen MR) is 64.5 cm³/mol. The molecule has 0 amide bonds. The van der Waals surface area contributed by atoms with Gasteiger partial charge in [-0.2, -0.15) is 5.26 Å². The Kier molecular flexibility index (Phi) is 4.29. The molecule has 1 saturated heterocycles. The van der Waals surface area contributed by atoms with Crippen LogP contribution >= 0.6 is 0 Å². The van der Waals surface area contributed by atoms with Crippen LogP contribution in [-0.2, 0) is 16.1 Å². The average Bonchev–Trinajstić information content (AvgIpc) is 2.84. The number of nitriles is 1. The molecule has 0 radical (unpaired) electrons. The van der Waals surface area contributed by atoms with Gasteiger partial charge in [-0.15, -0.1) is 0 Å². The zero-order chi connectivity index (χ0) is 12.8. The van der Waals surface area contributed by atoms with Crippen molar-refractivity contribution in [1.29, 1.82) is 5.26 Å². The van der Waals surface area contributed by atoms with Gasteiger partial charge in [0.15, 0.2) is 5.60 Å². The van der Waals surface area contributed by atoms with Crippen LogP contribution in [0.25, 0.3) is 0 Å². The van der Waals surface area contributed by atoms with E-state index in [0.29, 0.717) is 19.4 Å². The minimum atomic E-state index is -0.967. The molecule has 0 bridgehead atoms. The molecule has 0 saturated carbocycles. The van der Waals surface area contributed by atoms with Gasteiger partial charge < -0.3 is 9.47 Å². The third-order valence-electron chi connectivity index (χ3n) is 3.09. The summed E-state index contributed by atoms with van der Waals surface area (Å²) < 4.78 is 23.4. The molecule has 1 heterocycles. The fourth-order valence-corrected chi connectivity index (χ4v) is 2.07. The van der Waals surface area contributed by atoms with Crippen LogP contribution in [0.1, 0.15) is 18.4 Å². The topological polar surface area (TPSA) is 42.2 Å². The number of rotatable bonds is 5. The maximum Gasteiger partial charge on any atom is 0.177 e. The highest BCUT2D eigenvalue weighted by molar-refractivity contribution is 5.13. The van der Waals surface area contributed by atoms with Gasteiger partial charge in [-0.05, 0) is 18.4 Å². The molecule has 0 aliphatic carbocycles. The molecule has 3 nitrogen and oxygen atoms in total. The van der Waals surface area contributed by atoms with Gasteiger partial charge in [-0.1, -0.05) is 30.3 Å². The Hall–Kier alpha value is -1.44. The molecule has 2 unspecified atom stereocenters. The second-order valence-electron chi connectivity index (χ2n) is 4.52. The van der Waals surface area contributed by atoms with Gasteiger partial charge in [0.1, 0.15) is 12.7 Å². The molecule has 1 aliphatic rings. The zero-order valence-electron chi connectivity index (χ0n) is 10.1. The normalized spacial score (nSPS) is 27.0. The highest BCUT2D eigenvalue weighted by Gasteiger charge is 2.40. The van der Waals surface area contributed by atoms with Crippen molar-refractivity contribution in [3.05, 3.63) is 35.9 Å². The fraction of sp³-hybridized carbons (Fsp3) is 0.500. The Morgan fingerprint density at radius 2 is 2.22 bits per heavy atom. The molecule has 0 aromatic heterocycles. The highest BCUT2D eigenvalue weighted by atomic mass is 19.1. The third-order valence-corrected chi connectivity index (χ3v) is 3.09. The maximum atomic E-state index is 12.5. The van der Waals surface area contributed by atoms with Crippen molar-refractivity contribution >= 4 is 0 Å². The molecule has 18 heavy (non-hydrogen) atoms. The Balaban J connectivity index is 1.84. The average molecular weight is 249 g/mol. The number of nitrogens with zero attached hydrogens (tertiary/aromatic N) is 1. The van der Waals surface area contributed by atoms with Crippen molar-refractivity contribution < 1.29 is 13.9 Å². The van der Waals surface area contributed by atoms with Crippen LogP contribution < -0.4 is 0 Å². The molecule has 0 N–H and O–H groups in total. The lowest BCUT2D eigenvalue weighted by molar-refractivity contribution is -0.0662. The van der Waals surface area contributed by atoms with Gasteiger partial charge in [0.25, 0.3) is 0 Å². The second kappa shape index (κ2) is 5.94. The Labute approximate surface area is 106 Å². The summed E-state index contributed by atoms with van der Waals surface area (Å²) in [7, 11) is 0. The minimum absolute atomic E-state index is 0.189. The van der Waals surface area contributed by atoms with Crippen LogP contribution in [0.3, 0.4) is 0 Å². The zero-order valence-corrected chi connectivity index (χ0v) is 10.1. The number of hydrogen-bond donors (Lipinski definition) is 0. The lowest BCUT2D eigenvalue weighted by atomic mass is 10.0. The number of halogens is 1. The van der Waals surface area contributed by atoms with E-state index in [0.717, 1.165) is 5.56 Å². The van der Waals surface area contributed by atoms with E-state index in [1.165, 1.54) is 0 Å². The van der Waals surface area contributed by atoms with Crippen molar-refractivity contribution in [1.82, 2.24) is 0 Å². The smallest absolute Gasteiger partial charge is 0.177 e. The molecular formula is C14H16FNO2. The molecule has 1 aliphatic heterocycles. The van der Waals surface area contributed by atoms with Crippen molar-refractivity contribution in [3.8, 4) is 6.07 Å². The number of benzene rings is 1. The number of hydrogen-bond acceptors (Lipinski definition) is 3. The van der Waals surface area contributed by atoms with Gasteiger partial charge in [0, 0.05) is 0 Å². The molecular weight excluding hydrogens is 233 g/mol. The van der Waals surface area contributed by atoms with E-state index in [4.69, 9.17) is 14.7 Å². The van der Waals surface area contributed by atoms with Crippen molar-refractivity contribution in [3.63, 3.8) is 0 Å². The van der Waals surface area contributed by atoms with Crippen LogP contribution in [0.15, 0.2) is 30.3 Å². The van der Waals surface area contributed by atoms with Crippen molar-refractivity contribution in [2.45, 2.75) is 31.2 Å². The standard InChI is InChI=1S/C14H16FNO2/c15-8-13-6-7-14(10-16,18-13)11-17-9-12-4-2-1-3-5-12/h1-5,13H,6-9,11H2. The first kappa shape index (κ1) is 13.0. The van der Waals surface area contributed by atoms with Gasteiger partial charge in [-0.3, -0.25) is 0 Å². The van der Waals surface area contributed by atoms with Gasteiger partial charge >= 0.3 is 0 Å². The first-order chi connectivity index (χ1) is 8.78. The third kappa shape index (κ3) is 3.06. The van der Waals surface area contributed by atoms with Gasteiger partial charge in [0.2, 0.25) is 0 Å². The van der Waals surface area contributed by atoms with E-state index in [1.54, 1.807) is 0 Å². The molecule has 4 heteroatoms. The summed E-state index contributed by atoms with van der Waals surface area (Å²) >= 11 is 0. The first-order valence-corrected chi connectivity index (χ1v) is 6.05. The van der Waals surface area contributed by atoms with Crippen LogP contribution in [0, 0.1) is 11.3 Å². The number of ether oxygens (including phenoxy) is 2. The maximum absolute atomic E-state index is 12.5. The highest BCUT2D eigenvalue weighted by Crippen LogP contribution is 2.30. The van der Waals surface area contributed by atoms with E-state index in [-0.39, 0.29) is 6.61 Å². The lowest BCUT2D eigenvalue weighted by Crippen LogP contribution is -2.33. The summed E-state index contributed by atoms with van der Waals surface area (Å²) in [6.07, 6.45) is 0.663. The largest absolute Gasteiger partial charge is 0.373 e. The Morgan fingerprint density at radius 3 is 2.83 bits per heavy atom. The van der Waals surface area contributed by atoms with Crippen LogP contribution in [0.2, 0.25) is 0 Å². The molecule has 2 rings (SSSR count). The van der Waals surface area contributed by atoms with Crippen molar-refractivity contribution in [2.75, 3.05) is 13.3 Å². The molecule has 2 atom stereocenters. The summed E-state index contributed by atoms with van der Waals surface area (Å²) in [6, 6.07) is 11.8. The molecule has 1 fully saturated rings. The quantitative estimate of drug-likeness (QED) is 0.805. The van der Waals surface area contributed by atoms with E-state index < -0.39 is 18.4 Å². The molecule has 0 spiro atoms. The fourth-order valence-electron chi connectivity index (χ4n) is 2.07. The molecule has 96 valence electrons. The molecule has 1 aromatic carbocycles. The van der Waals surface area contributed by atoms with Crippen LogP contribution in [0.4, 0.5) is 4.39 Å². The van der Waals surface area contributed by atoms with E-state index in [2.05, 4.69) is 6.07 Å². The number of alkyl halides is 1. The van der Waals surface area contributed by atoms with E-state index in [9.17, 15) is 4.39 Å².